The van der Waals surface area contributed by atoms with E-state index in [0.29, 0.717) is 23.6 Å². The van der Waals surface area contributed by atoms with Crippen molar-refractivity contribution >= 4 is 29.3 Å². The minimum absolute atomic E-state index is 0.0405. The molecule has 2 aliphatic heterocycles. The molecule has 10 nitrogen and oxygen atoms in total. The van der Waals surface area contributed by atoms with Gasteiger partial charge in [0.15, 0.2) is 5.69 Å². The number of amides is 3. The highest BCUT2D eigenvalue weighted by Gasteiger charge is 2.56. The van der Waals surface area contributed by atoms with Crippen molar-refractivity contribution in [1.29, 1.82) is 5.26 Å². The molecule has 0 saturated carbocycles. The van der Waals surface area contributed by atoms with Gasteiger partial charge in [-0.1, -0.05) is 50.6 Å². The second-order valence-corrected chi connectivity index (χ2v) is 11.8. The number of benzene rings is 1. The SMILES string of the molecule is C/C=C\C1=C(CC)[C@@]2(C[C@@H](C#N)N(C(=O)[C@H](CC(C)(C)C)NC(=O)c3cn(-c4ccc(Cl)cc4)nn3)C2)C(=O)N1. The van der Waals surface area contributed by atoms with Gasteiger partial charge in [0.1, 0.15) is 12.1 Å². The van der Waals surface area contributed by atoms with Crippen LogP contribution in [0, 0.1) is 22.2 Å². The Morgan fingerprint density at radius 3 is 2.62 bits per heavy atom. The van der Waals surface area contributed by atoms with Crippen molar-refractivity contribution in [2.45, 2.75) is 66.0 Å². The number of rotatable bonds is 7. The molecule has 3 atom stereocenters. The Morgan fingerprint density at radius 1 is 1.32 bits per heavy atom. The third-order valence-corrected chi connectivity index (χ3v) is 7.55. The van der Waals surface area contributed by atoms with Crippen molar-refractivity contribution in [2.75, 3.05) is 6.54 Å². The number of hydrogen-bond acceptors (Lipinski definition) is 6. The highest BCUT2D eigenvalue weighted by atomic mass is 35.5. The highest BCUT2D eigenvalue weighted by molar-refractivity contribution is 6.30. The van der Waals surface area contributed by atoms with Gasteiger partial charge in [0.05, 0.1) is 23.4 Å². The number of nitriles is 1. The molecule has 0 radical (unpaired) electrons. The molecular formula is C29H34ClN7O3. The second-order valence-electron chi connectivity index (χ2n) is 11.4. The van der Waals surface area contributed by atoms with E-state index in [0.717, 1.165) is 11.3 Å². The average Bonchev–Trinajstić information content (AvgIpc) is 3.60. The molecule has 1 saturated heterocycles. The van der Waals surface area contributed by atoms with E-state index in [9.17, 15) is 19.6 Å². The Hall–Kier alpha value is -3.97. The second kappa shape index (κ2) is 11.3. The van der Waals surface area contributed by atoms with Crippen LogP contribution in [-0.4, -0.2) is 56.2 Å². The Kier molecular flexibility index (Phi) is 8.17. The summed E-state index contributed by atoms with van der Waals surface area (Å²) < 4.78 is 1.45. The Labute approximate surface area is 239 Å². The third-order valence-electron chi connectivity index (χ3n) is 7.30. The van der Waals surface area contributed by atoms with Crippen molar-refractivity contribution in [3.63, 3.8) is 0 Å². The summed E-state index contributed by atoms with van der Waals surface area (Å²) in [6, 6.07) is 7.38. The molecule has 0 unspecified atom stereocenters. The van der Waals surface area contributed by atoms with Gasteiger partial charge in [0.25, 0.3) is 5.91 Å². The van der Waals surface area contributed by atoms with Gasteiger partial charge in [0.2, 0.25) is 11.8 Å². The fourth-order valence-electron chi connectivity index (χ4n) is 5.52. The zero-order valence-corrected chi connectivity index (χ0v) is 24.1. The van der Waals surface area contributed by atoms with E-state index in [4.69, 9.17) is 11.6 Å². The Morgan fingerprint density at radius 2 is 2.02 bits per heavy atom. The minimum atomic E-state index is -0.975. The number of halogens is 1. The van der Waals surface area contributed by atoms with Gasteiger partial charge in [0, 0.05) is 23.7 Å². The number of carbonyl (C=O) groups excluding carboxylic acids is 3. The quantitative estimate of drug-likeness (QED) is 0.524. The lowest BCUT2D eigenvalue weighted by molar-refractivity contribution is -0.134. The van der Waals surface area contributed by atoms with Gasteiger partial charge in [-0.05, 0) is 61.1 Å². The molecular weight excluding hydrogens is 530 g/mol. The third kappa shape index (κ3) is 5.65. The lowest BCUT2D eigenvalue weighted by atomic mass is 9.77. The molecule has 0 aliphatic carbocycles. The topological polar surface area (TPSA) is 133 Å². The molecule has 2 aliphatic rings. The first-order valence-corrected chi connectivity index (χ1v) is 13.7. The lowest BCUT2D eigenvalue weighted by Gasteiger charge is -2.31. The fourth-order valence-corrected chi connectivity index (χ4v) is 5.64. The van der Waals surface area contributed by atoms with E-state index in [1.54, 1.807) is 24.3 Å². The predicted octanol–water partition coefficient (Wildman–Crippen LogP) is 3.94. The maximum Gasteiger partial charge on any atom is 0.274 e. The molecule has 40 heavy (non-hydrogen) atoms. The summed E-state index contributed by atoms with van der Waals surface area (Å²) in [6.07, 6.45) is 6.29. The summed E-state index contributed by atoms with van der Waals surface area (Å²) >= 11 is 5.96. The number of nitrogens with one attached hydrogen (secondary N) is 2. The van der Waals surface area contributed by atoms with Crippen LogP contribution in [0.5, 0.6) is 0 Å². The number of nitrogens with zero attached hydrogens (tertiary/aromatic N) is 5. The predicted molar refractivity (Wildman–Crippen MR) is 150 cm³/mol. The standard InChI is InChI=1S/C29H34ClN7O3/c1-6-8-22-21(7-2)29(27(40)33-22)13-20(15-31)36(17-29)26(39)23(14-28(3,4)5)32-25(38)24-16-37(35-34-24)19-11-9-18(30)10-12-19/h6,8-12,16,20,23H,7,13-14,17H2,1-5H3,(H,32,38)(H,33,40)/b8-6-/t20-,23-,29-/m0/s1. The molecule has 3 amide bonds. The first-order chi connectivity index (χ1) is 18.9. The molecule has 2 N–H and O–H groups in total. The smallest absolute Gasteiger partial charge is 0.274 e. The first-order valence-electron chi connectivity index (χ1n) is 13.3. The lowest BCUT2D eigenvalue weighted by Crippen LogP contribution is -2.52. The monoisotopic (exact) mass is 563 g/mol. The molecule has 210 valence electrons. The molecule has 2 aromatic rings. The van der Waals surface area contributed by atoms with Gasteiger partial charge in [-0.25, -0.2) is 4.68 Å². The van der Waals surface area contributed by atoms with E-state index in [2.05, 4.69) is 27.0 Å². The summed E-state index contributed by atoms with van der Waals surface area (Å²) in [5.74, 6) is -1.17. The van der Waals surface area contributed by atoms with Crippen LogP contribution in [0.25, 0.3) is 5.69 Å². The van der Waals surface area contributed by atoms with Crippen LogP contribution >= 0.6 is 11.6 Å². The van der Waals surface area contributed by atoms with E-state index in [-0.39, 0.29) is 30.0 Å². The fraction of sp³-hybridized carbons (Fsp3) is 0.448. The van der Waals surface area contributed by atoms with Gasteiger partial charge >= 0.3 is 0 Å². The van der Waals surface area contributed by atoms with E-state index < -0.39 is 29.3 Å². The van der Waals surface area contributed by atoms with E-state index in [1.165, 1.54) is 15.8 Å². The maximum absolute atomic E-state index is 14.0. The van der Waals surface area contributed by atoms with Gasteiger partial charge in [-0.15, -0.1) is 5.10 Å². The summed E-state index contributed by atoms with van der Waals surface area (Å²) in [7, 11) is 0. The van der Waals surface area contributed by atoms with Crippen LogP contribution in [0.4, 0.5) is 0 Å². The van der Waals surface area contributed by atoms with Crippen molar-refractivity contribution in [1.82, 2.24) is 30.5 Å². The number of carbonyl (C=O) groups is 3. The number of hydrogen-bond donors (Lipinski definition) is 2. The molecule has 4 rings (SSSR count). The van der Waals surface area contributed by atoms with Crippen molar-refractivity contribution < 1.29 is 14.4 Å². The summed E-state index contributed by atoms with van der Waals surface area (Å²) in [4.78, 5) is 42.0. The molecule has 1 aromatic carbocycles. The molecule has 1 aromatic heterocycles. The van der Waals surface area contributed by atoms with E-state index in [1.807, 2.05) is 46.8 Å². The Bertz CT molecular complexity index is 1410. The normalized spacial score (nSPS) is 21.7. The molecule has 11 heteroatoms. The largest absolute Gasteiger partial charge is 0.339 e. The highest BCUT2D eigenvalue weighted by Crippen LogP contribution is 2.47. The van der Waals surface area contributed by atoms with Gasteiger partial charge in [-0.3, -0.25) is 14.4 Å². The molecule has 0 bridgehead atoms. The summed E-state index contributed by atoms with van der Waals surface area (Å²) in [5, 5.41) is 24.4. The number of likely N-dealkylation sites (tertiary alicyclic amines) is 1. The Balaban J connectivity index is 1.60. The van der Waals surface area contributed by atoms with Crippen molar-refractivity contribution in [3.05, 3.63) is 64.6 Å². The first kappa shape index (κ1) is 29.0. The van der Waals surface area contributed by atoms with Gasteiger partial charge in [-0.2, -0.15) is 5.26 Å². The van der Waals surface area contributed by atoms with Crippen LogP contribution in [0.15, 0.2) is 53.9 Å². The van der Waals surface area contributed by atoms with Crippen LogP contribution in [0.1, 0.15) is 64.4 Å². The van der Waals surface area contributed by atoms with Crippen molar-refractivity contribution in [2.24, 2.45) is 10.8 Å². The summed E-state index contributed by atoms with van der Waals surface area (Å²) in [5.41, 5.74) is 1.03. The van der Waals surface area contributed by atoms with Crippen LogP contribution in [-0.2, 0) is 9.59 Å². The minimum Gasteiger partial charge on any atom is -0.339 e. The summed E-state index contributed by atoms with van der Waals surface area (Å²) in [6.45, 7) is 9.81. The zero-order valence-electron chi connectivity index (χ0n) is 23.4. The molecule has 3 heterocycles. The van der Waals surface area contributed by atoms with E-state index >= 15 is 0 Å². The maximum atomic E-state index is 14.0. The van der Waals surface area contributed by atoms with Crippen LogP contribution in [0.3, 0.4) is 0 Å². The zero-order chi connectivity index (χ0) is 29.2. The van der Waals surface area contributed by atoms with Crippen LogP contribution < -0.4 is 10.6 Å². The average molecular weight is 564 g/mol. The molecule has 1 fully saturated rings. The number of allylic oxidation sites excluding steroid dienone is 2. The molecule has 1 spiro atoms. The van der Waals surface area contributed by atoms with Gasteiger partial charge < -0.3 is 15.5 Å². The number of aromatic nitrogens is 3. The van der Waals surface area contributed by atoms with Crippen LogP contribution in [0.2, 0.25) is 5.02 Å². The van der Waals surface area contributed by atoms with Crippen molar-refractivity contribution in [3.8, 4) is 11.8 Å².